The van der Waals surface area contributed by atoms with E-state index in [1.54, 1.807) is 32.1 Å². The number of benzene rings is 3. The number of aryl methyl sites for hydroxylation is 2. The highest BCUT2D eigenvalue weighted by atomic mass is 32.1. The number of amides is 7. The van der Waals surface area contributed by atoms with E-state index in [-0.39, 0.29) is 69.0 Å². The molecule has 418 valence electrons. The van der Waals surface area contributed by atoms with E-state index < -0.39 is 83.2 Å². The molecular weight excluding hydrogens is 1010 g/mol. The highest BCUT2D eigenvalue weighted by Crippen LogP contribution is 2.40. The molecule has 4 heterocycles. The fraction of sp³-hybridized carbons (Fsp3) is 0.525. The molecular formula is C59H76N8O10S. The fourth-order valence-corrected chi connectivity index (χ4v) is 11.8. The number of aliphatic hydroxyl groups is 1. The molecule has 0 bridgehead atoms. The van der Waals surface area contributed by atoms with Crippen molar-refractivity contribution in [3.63, 3.8) is 0 Å². The van der Waals surface area contributed by atoms with Crippen LogP contribution in [0, 0.1) is 24.2 Å². The van der Waals surface area contributed by atoms with Crippen molar-refractivity contribution in [2.24, 2.45) is 23.0 Å². The molecule has 0 radical (unpaired) electrons. The number of alkyl carbamates (subject to hydrolysis) is 1. The number of anilines is 1. The first-order valence-corrected chi connectivity index (χ1v) is 28.1. The molecule has 2 fully saturated rings. The van der Waals surface area contributed by atoms with Crippen molar-refractivity contribution in [3.8, 4) is 10.4 Å². The predicted octanol–water partition coefficient (Wildman–Crippen LogP) is 5.95. The summed E-state index contributed by atoms with van der Waals surface area (Å²) in [5.41, 5.74) is 13.3. The molecule has 1 aromatic heterocycles. The maximum Gasteiger partial charge on any atom is 0.408 e. The van der Waals surface area contributed by atoms with Gasteiger partial charge < -0.3 is 46.5 Å². The van der Waals surface area contributed by atoms with E-state index in [2.05, 4.69) is 26.3 Å². The molecule has 0 spiro atoms. The number of hydrogen-bond acceptors (Lipinski definition) is 12. The Morgan fingerprint density at radius 2 is 1.54 bits per heavy atom. The molecule has 8 rings (SSSR count). The van der Waals surface area contributed by atoms with Gasteiger partial charge in [-0.3, -0.25) is 33.7 Å². The second-order valence-electron chi connectivity index (χ2n) is 23.7. The number of para-hydroxylation sites is 1. The van der Waals surface area contributed by atoms with Gasteiger partial charge in [0.2, 0.25) is 35.4 Å². The van der Waals surface area contributed by atoms with Gasteiger partial charge >= 0.3 is 6.09 Å². The van der Waals surface area contributed by atoms with Crippen LogP contribution in [0.5, 0.6) is 0 Å². The normalized spacial score (nSPS) is 22.0. The van der Waals surface area contributed by atoms with Crippen molar-refractivity contribution in [1.82, 2.24) is 31.2 Å². The maximum atomic E-state index is 14.3. The zero-order valence-electron chi connectivity index (χ0n) is 46.1. The predicted molar refractivity (Wildman–Crippen MR) is 296 cm³/mol. The van der Waals surface area contributed by atoms with Crippen molar-refractivity contribution in [3.05, 3.63) is 106 Å². The lowest BCUT2D eigenvalue weighted by Crippen LogP contribution is -2.59. The van der Waals surface area contributed by atoms with E-state index in [9.17, 15) is 38.7 Å². The summed E-state index contributed by atoms with van der Waals surface area (Å²) < 4.78 is 11.8. The molecule has 4 aliphatic rings. The number of aliphatic hydroxyl groups excluding tert-OH is 1. The molecule has 0 unspecified atom stereocenters. The van der Waals surface area contributed by atoms with Crippen molar-refractivity contribution >= 4 is 58.6 Å². The molecule has 3 aliphatic heterocycles. The number of primary amides is 1. The van der Waals surface area contributed by atoms with Crippen LogP contribution in [0.2, 0.25) is 0 Å². The first kappa shape index (κ1) is 57.5. The summed E-state index contributed by atoms with van der Waals surface area (Å²) in [6.45, 7) is 15.1. The number of carbonyl (C=O) groups excluding carboxylic acids is 7. The number of hydrogen-bond donors (Lipinski definition) is 6. The highest BCUT2D eigenvalue weighted by molar-refractivity contribution is 7.13. The van der Waals surface area contributed by atoms with Gasteiger partial charge in [-0.25, -0.2) is 9.78 Å². The number of rotatable bonds is 19. The molecule has 7 amide bonds. The number of β-amino-alcohol motifs (C(OH)–C–C–N with tert-alkyl or cyclic N) is 1. The summed E-state index contributed by atoms with van der Waals surface area (Å²) in [4.78, 5) is 103. The number of carbonyl (C=O) groups is 7. The lowest BCUT2D eigenvalue weighted by atomic mass is 9.71. The summed E-state index contributed by atoms with van der Waals surface area (Å²) in [6, 6.07) is 17.4. The number of ether oxygens (including phenoxy) is 2. The zero-order chi connectivity index (χ0) is 56.2. The Hall–Kier alpha value is -6.70. The SMILES string of the molecule is Cc1ncsc1-c1ccc(CNC(=O)[C@@H]2C[C@@H](O)CN2C(=O)[C@@H](NC(=O)C2CC(Cc3ccc(CO[C@H](C)[C@H](CCC(N)=O)NC(=O)[C@@H]4Cc5cccc6c5N4C(=O)[C@@H](NC(=O)OC(C)(C)C)CC6)cc3)C2)C(C)(C)C)cc1. The number of likely N-dealkylation sites (tertiary alicyclic amines) is 1. The smallest absolute Gasteiger partial charge is 0.408 e. The highest BCUT2D eigenvalue weighted by Gasteiger charge is 2.47. The topological polar surface area (TPSA) is 252 Å². The van der Waals surface area contributed by atoms with Crippen LogP contribution >= 0.6 is 11.3 Å². The molecule has 18 nitrogen and oxygen atoms in total. The second-order valence-corrected chi connectivity index (χ2v) is 24.5. The van der Waals surface area contributed by atoms with Gasteiger partial charge in [0.15, 0.2) is 0 Å². The van der Waals surface area contributed by atoms with Gasteiger partial charge in [-0.05, 0) is 118 Å². The first-order valence-electron chi connectivity index (χ1n) is 27.2. The minimum Gasteiger partial charge on any atom is -0.444 e. The van der Waals surface area contributed by atoms with E-state index in [4.69, 9.17) is 15.2 Å². The van der Waals surface area contributed by atoms with Crippen LogP contribution in [-0.2, 0) is 70.7 Å². The summed E-state index contributed by atoms with van der Waals surface area (Å²) >= 11 is 1.57. The summed E-state index contributed by atoms with van der Waals surface area (Å²) in [7, 11) is 0. The van der Waals surface area contributed by atoms with Crippen LogP contribution < -0.4 is 31.9 Å². The average Bonchev–Trinajstić information content (AvgIpc) is 4.11. The van der Waals surface area contributed by atoms with Crippen molar-refractivity contribution < 1.29 is 48.1 Å². The maximum absolute atomic E-state index is 14.3. The van der Waals surface area contributed by atoms with Gasteiger partial charge in [0.1, 0.15) is 29.8 Å². The Morgan fingerprint density at radius 1 is 0.859 bits per heavy atom. The molecule has 19 heteroatoms. The summed E-state index contributed by atoms with van der Waals surface area (Å²) in [5.74, 6) is -2.32. The van der Waals surface area contributed by atoms with Crippen molar-refractivity contribution in [2.45, 2.75) is 174 Å². The Kier molecular flexibility index (Phi) is 17.8. The molecule has 7 atom stereocenters. The van der Waals surface area contributed by atoms with E-state index in [1.165, 1.54) is 9.80 Å². The van der Waals surface area contributed by atoms with Crippen LogP contribution in [0.1, 0.15) is 121 Å². The zero-order valence-corrected chi connectivity index (χ0v) is 46.9. The monoisotopic (exact) mass is 1090 g/mol. The van der Waals surface area contributed by atoms with Crippen LogP contribution in [-0.4, -0.2) is 111 Å². The van der Waals surface area contributed by atoms with Crippen LogP contribution in [0.4, 0.5) is 10.5 Å². The largest absolute Gasteiger partial charge is 0.444 e. The lowest BCUT2D eigenvalue weighted by Gasteiger charge is -2.39. The summed E-state index contributed by atoms with van der Waals surface area (Å²) in [6.07, 6.45) is 1.36. The molecule has 78 heavy (non-hydrogen) atoms. The first-order chi connectivity index (χ1) is 36.9. The molecule has 1 aliphatic carbocycles. The van der Waals surface area contributed by atoms with Crippen LogP contribution in [0.3, 0.4) is 0 Å². The molecule has 3 aromatic carbocycles. The van der Waals surface area contributed by atoms with E-state index in [0.29, 0.717) is 31.4 Å². The van der Waals surface area contributed by atoms with Crippen LogP contribution in [0.25, 0.3) is 10.4 Å². The molecule has 7 N–H and O–H groups in total. The third-order valence-electron chi connectivity index (χ3n) is 15.4. The number of nitrogens with zero attached hydrogens (tertiary/aromatic N) is 3. The van der Waals surface area contributed by atoms with Gasteiger partial charge in [0, 0.05) is 38.3 Å². The molecule has 1 saturated carbocycles. The van der Waals surface area contributed by atoms with Gasteiger partial charge in [-0.1, -0.05) is 87.5 Å². The fourth-order valence-electron chi connectivity index (χ4n) is 11.0. The third-order valence-corrected chi connectivity index (χ3v) is 16.3. The Labute approximate surface area is 461 Å². The minimum absolute atomic E-state index is 0.00274. The third kappa shape index (κ3) is 13.9. The number of nitrogens with two attached hydrogens (primary N) is 1. The lowest BCUT2D eigenvalue weighted by molar-refractivity contribution is -0.145. The Balaban J connectivity index is 0.813. The van der Waals surface area contributed by atoms with Gasteiger partial charge in [-0.2, -0.15) is 0 Å². The second kappa shape index (κ2) is 24.1. The van der Waals surface area contributed by atoms with Crippen LogP contribution in [0.15, 0.2) is 72.2 Å². The van der Waals surface area contributed by atoms with E-state index in [1.807, 2.05) is 107 Å². The van der Waals surface area contributed by atoms with Crippen molar-refractivity contribution in [1.29, 1.82) is 0 Å². The van der Waals surface area contributed by atoms with E-state index in [0.717, 1.165) is 50.4 Å². The standard InChI is InChI=1S/C59H76N8O10S/c1-33-50(78-32-62-33)40-18-16-36(17-19-40)29-61-53(71)46-28-43(68)30-66(46)56(74)51(58(3,4)5)65-52(70)42-25-38(26-42)24-35-12-14-37(15-13-35)31-76-34(2)44(22-23-48(60)69)63-54(72)47-27-41-11-9-10-39-20-21-45(55(73)67(47)49(39)41)64-57(75)77-59(6,7)8/h9-19,32,34,38,42-47,51,68H,20-31H2,1-8H3,(H2,60,69)(H,61,71)(H,63,72)(H,64,75)(H,65,70)/t34-,38?,42?,43-,44+,45+,46+,47+,51-/m1/s1. The molecule has 4 aromatic rings. The van der Waals surface area contributed by atoms with Gasteiger partial charge in [0.05, 0.1) is 46.6 Å². The van der Waals surface area contributed by atoms with Crippen molar-refractivity contribution in [2.75, 3.05) is 11.4 Å². The Bertz CT molecular complexity index is 2850. The summed E-state index contributed by atoms with van der Waals surface area (Å²) in [5, 5.41) is 22.5. The quantitative estimate of drug-likeness (QED) is 0.0640. The van der Waals surface area contributed by atoms with E-state index >= 15 is 0 Å². The average molecular weight is 1090 g/mol. The minimum atomic E-state index is -0.914. The number of thiazole rings is 1. The number of aromatic nitrogens is 1. The van der Waals surface area contributed by atoms with Gasteiger partial charge in [-0.15, -0.1) is 11.3 Å². The molecule has 1 saturated heterocycles. The Morgan fingerprint density at radius 3 is 2.19 bits per heavy atom. The van der Waals surface area contributed by atoms with Gasteiger partial charge in [0.25, 0.3) is 0 Å². The number of nitrogens with one attached hydrogen (secondary N) is 4.